The average Bonchev–Trinajstić information content (AvgIpc) is 2.97. The lowest BCUT2D eigenvalue weighted by Gasteiger charge is -2.13. The van der Waals surface area contributed by atoms with E-state index in [2.05, 4.69) is 10.4 Å². The highest BCUT2D eigenvalue weighted by molar-refractivity contribution is 5.80. The number of nitrogens with one attached hydrogen (secondary N) is 1. The number of aromatic nitrogens is 2. The van der Waals surface area contributed by atoms with E-state index >= 15 is 0 Å². The van der Waals surface area contributed by atoms with Crippen molar-refractivity contribution >= 4 is 5.91 Å². The van der Waals surface area contributed by atoms with Gasteiger partial charge in [0.1, 0.15) is 12.2 Å². The zero-order valence-corrected chi connectivity index (χ0v) is 9.17. The maximum atomic E-state index is 11.3. The van der Waals surface area contributed by atoms with Gasteiger partial charge in [-0.1, -0.05) is 0 Å². The third-order valence-corrected chi connectivity index (χ3v) is 2.76. The minimum absolute atomic E-state index is 0.0846. The molecular formula is C10H13N5O2. The summed E-state index contributed by atoms with van der Waals surface area (Å²) in [5.41, 5.74) is 2.07. The Morgan fingerprint density at radius 1 is 1.76 bits per heavy atom. The molecule has 1 amide bonds. The highest BCUT2D eigenvalue weighted by Crippen LogP contribution is 2.21. The first-order valence-electron chi connectivity index (χ1n) is 5.31. The van der Waals surface area contributed by atoms with Crippen LogP contribution in [0.2, 0.25) is 0 Å². The number of nitrogens with zero attached hydrogens (tertiary/aromatic N) is 3. The van der Waals surface area contributed by atoms with Crippen LogP contribution < -0.4 is 11.3 Å². The summed E-state index contributed by atoms with van der Waals surface area (Å²) in [6.45, 7) is 0.525. The Labute approximate surface area is 98.1 Å². The lowest BCUT2D eigenvalue weighted by molar-refractivity contribution is -0.132. The maximum Gasteiger partial charge on any atom is 0.263 e. The molecule has 1 fully saturated rings. The molecule has 2 unspecified atom stereocenters. The molecule has 1 aliphatic rings. The molecular weight excluding hydrogens is 222 g/mol. The van der Waals surface area contributed by atoms with Crippen molar-refractivity contribution in [2.45, 2.75) is 31.6 Å². The summed E-state index contributed by atoms with van der Waals surface area (Å²) in [5, 5.41) is 8.80. The third kappa shape index (κ3) is 2.43. The Morgan fingerprint density at radius 3 is 3.29 bits per heavy atom. The fourth-order valence-corrected chi connectivity index (χ4v) is 1.91. The second-order valence-corrected chi connectivity index (χ2v) is 3.85. The van der Waals surface area contributed by atoms with Crippen molar-refractivity contribution in [1.29, 1.82) is 5.26 Å². The lowest BCUT2D eigenvalue weighted by Crippen LogP contribution is -2.39. The summed E-state index contributed by atoms with van der Waals surface area (Å²) < 4.78 is 7.25. The summed E-state index contributed by atoms with van der Waals surface area (Å²) >= 11 is 0. The monoisotopic (exact) mass is 235 g/mol. The van der Waals surface area contributed by atoms with Crippen LogP contribution in [0.3, 0.4) is 0 Å². The highest BCUT2D eigenvalue weighted by atomic mass is 16.5. The van der Waals surface area contributed by atoms with Crippen molar-refractivity contribution in [3.05, 3.63) is 18.2 Å². The number of hydrogen-bond donors (Lipinski definition) is 2. The first-order chi connectivity index (χ1) is 8.24. The Kier molecular flexibility index (Phi) is 3.37. The number of hydrogen-bond acceptors (Lipinski definition) is 5. The molecule has 2 atom stereocenters. The molecule has 7 nitrogen and oxygen atoms in total. The molecule has 0 spiro atoms. The second kappa shape index (κ2) is 4.95. The van der Waals surface area contributed by atoms with Crippen LogP contribution in [0, 0.1) is 11.3 Å². The van der Waals surface area contributed by atoms with Crippen molar-refractivity contribution in [3.8, 4) is 6.07 Å². The molecule has 0 bridgehead atoms. The van der Waals surface area contributed by atoms with E-state index in [0.717, 1.165) is 6.42 Å². The standard InChI is InChI=1S/C10H13N5O2/c11-5-9-13-3-4-15(9)6-7-1-2-8(17-7)10(16)14-12/h3-4,7-8H,1-2,6,12H2,(H,14,16). The van der Waals surface area contributed by atoms with Crippen molar-refractivity contribution < 1.29 is 9.53 Å². The number of nitriles is 1. The predicted octanol–water partition coefficient (Wildman–Crippen LogP) is -0.708. The molecule has 1 aromatic rings. The van der Waals surface area contributed by atoms with Crippen molar-refractivity contribution in [2.24, 2.45) is 5.84 Å². The molecule has 0 aromatic carbocycles. The molecule has 1 saturated heterocycles. The molecule has 17 heavy (non-hydrogen) atoms. The Bertz CT molecular complexity index is 450. The smallest absolute Gasteiger partial charge is 0.263 e. The van der Waals surface area contributed by atoms with Gasteiger partial charge in [-0.15, -0.1) is 0 Å². The second-order valence-electron chi connectivity index (χ2n) is 3.85. The summed E-state index contributed by atoms with van der Waals surface area (Å²) in [5.74, 6) is 5.08. The summed E-state index contributed by atoms with van der Waals surface area (Å²) in [4.78, 5) is 15.1. The number of nitrogens with two attached hydrogens (primary N) is 1. The molecule has 2 heterocycles. The largest absolute Gasteiger partial charge is 0.363 e. The Balaban J connectivity index is 1.94. The van der Waals surface area contributed by atoms with Crippen molar-refractivity contribution in [2.75, 3.05) is 0 Å². The average molecular weight is 235 g/mol. The number of rotatable bonds is 3. The number of ether oxygens (including phenoxy) is 1. The molecule has 1 aliphatic heterocycles. The lowest BCUT2D eigenvalue weighted by atomic mass is 10.2. The molecule has 3 N–H and O–H groups in total. The van der Waals surface area contributed by atoms with Gasteiger partial charge in [0, 0.05) is 12.4 Å². The molecule has 90 valence electrons. The molecule has 1 aromatic heterocycles. The van der Waals surface area contributed by atoms with Crippen LogP contribution in [0.1, 0.15) is 18.7 Å². The van der Waals surface area contributed by atoms with Crippen LogP contribution in [-0.4, -0.2) is 27.7 Å². The van der Waals surface area contributed by atoms with Crippen LogP contribution >= 0.6 is 0 Å². The molecule has 7 heteroatoms. The van der Waals surface area contributed by atoms with Gasteiger partial charge in [-0.05, 0) is 12.8 Å². The van der Waals surface area contributed by atoms with Crippen LogP contribution in [0.5, 0.6) is 0 Å². The zero-order chi connectivity index (χ0) is 12.3. The van der Waals surface area contributed by atoms with Gasteiger partial charge in [-0.25, -0.2) is 10.8 Å². The highest BCUT2D eigenvalue weighted by Gasteiger charge is 2.30. The summed E-state index contributed by atoms with van der Waals surface area (Å²) in [7, 11) is 0. The van der Waals surface area contributed by atoms with Crippen LogP contribution in [-0.2, 0) is 16.1 Å². The van der Waals surface area contributed by atoms with E-state index in [4.69, 9.17) is 15.8 Å². The van der Waals surface area contributed by atoms with Crippen LogP contribution in [0.15, 0.2) is 12.4 Å². The quantitative estimate of drug-likeness (QED) is 0.409. The molecule has 0 aliphatic carbocycles. The van der Waals surface area contributed by atoms with Gasteiger partial charge in [0.2, 0.25) is 5.82 Å². The predicted molar refractivity (Wildman–Crippen MR) is 57.2 cm³/mol. The minimum Gasteiger partial charge on any atom is -0.363 e. The fourth-order valence-electron chi connectivity index (χ4n) is 1.91. The van der Waals surface area contributed by atoms with Gasteiger partial charge < -0.3 is 9.30 Å². The van der Waals surface area contributed by atoms with Crippen molar-refractivity contribution in [3.63, 3.8) is 0 Å². The molecule has 0 radical (unpaired) electrons. The van der Waals surface area contributed by atoms with E-state index in [9.17, 15) is 4.79 Å². The molecule has 0 saturated carbocycles. The van der Waals surface area contributed by atoms with Gasteiger partial charge in [0.05, 0.1) is 12.6 Å². The number of amides is 1. The van der Waals surface area contributed by atoms with E-state index in [0.29, 0.717) is 18.8 Å². The van der Waals surface area contributed by atoms with Gasteiger partial charge in [-0.2, -0.15) is 5.26 Å². The maximum absolute atomic E-state index is 11.3. The van der Waals surface area contributed by atoms with Crippen LogP contribution in [0.25, 0.3) is 0 Å². The Hall–Kier alpha value is -1.91. The first kappa shape index (κ1) is 11.6. The fraction of sp³-hybridized carbons (Fsp3) is 0.500. The number of hydrazine groups is 1. The number of carbonyl (C=O) groups excluding carboxylic acids is 1. The molecule has 2 rings (SSSR count). The summed E-state index contributed by atoms with van der Waals surface area (Å²) in [6.07, 6.45) is 4.12. The van der Waals surface area contributed by atoms with Crippen molar-refractivity contribution in [1.82, 2.24) is 15.0 Å². The van der Waals surface area contributed by atoms with Gasteiger partial charge in [0.25, 0.3) is 5.91 Å². The SMILES string of the molecule is N#Cc1nccn1CC1CCC(C(=O)NN)O1. The normalized spacial score (nSPS) is 23.3. The van der Waals surface area contributed by atoms with E-state index in [1.807, 2.05) is 6.07 Å². The topological polar surface area (TPSA) is 106 Å². The third-order valence-electron chi connectivity index (χ3n) is 2.76. The Morgan fingerprint density at radius 2 is 2.59 bits per heavy atom. The first-order valence-corrected chi connectivity index (χ1v) is 5.31. The van der Waals surface area contributed by atoms with E-state index in [1.165, 1.54) is 0 Å². The van der Waals surface area contributed by atoms with Crippen LogP contribution in [0.4, 0.5) is 0 Å². The zero-order valence-electron chi connectivity index (χ0n) is 9.17. The van der Waals surface area contributed by atoms with Gasteiger partial charge >= 0.3 is 0 Å². The number of carbonyl (C=O) groups is 1. The van der Waals surface area contributed by atoms with Gasteiger partial charge in [0.15, 0.2) is 0 Å². The minimum atomic E-state index is -0.487. The van der Waals surface area contributed by atoms with E-state index < -0.39 is 6.10 Å². The van der Waals surface area contributed by atoms with Gasteiger partial charge in [-0.3, -0.25) is 10.2 Å². The number of imidazole rings is 1. The summed E-state index contributed by atoms with van der Waals surface area (Å²) in [6, 6.07) is 1.99. The van der Waals surface area contributed by atoms with E-state index in [-0.39, 0.29) is 12.0 Å². The van der Waals surface area contributed by atoms with E-state index in [1.54, 1.807) is 17.0 Å².